The predicted octanol–water partition coefficient (Wildman–Crippen LogP) is 15.3. The second-order valence-electron chi connectivity index (χ2n) is 16.0. The minimum atomic E-state index is 0.621. The summed E-state index contributed by atoms with van der Waals surface area (Å²) in [4.78, 5) is 24.9. The van der Waals surface area contributed by atoms with E-state index < -0.39 is 0 Å². The Balaban J connectivity index is 1.05. The van der Waals surface area contributed by atoms with Crippen LogP contribution < -0.4 is 0 Å². The second-order valence-corrected chi connectivity index (χ2v) is 16.0. The first-order valence-corrected chi connectivity index (χ1v) is 22.1. The summed E-state index contributed by atoms with van der Waals surface area (Å²) >= 11 is 0. The lowest BCUT2D eigenvalue weighted by molar-refractivity contribution is 1.07. The Bertz CT molecular complexity index is 3380. The summed E-state index contributed by atoms with van der Waals surface area (Å²) in [6, 6.07) is 82.2. The smallest absolute Gasteiger partial charge is 0.164 e. The summed E-state index contributed by atoms with van der Waals surface area (Å²) in [5, 5.41) is 0. The van der Waals surface area contributed by atoms with E-state index in [-0.39, 0.29) is 0 Å². The van der Waals surface area contributed by atoms with E-state index in [1.54, 1.807) is 0 Å². The highest BCUT2D eigenvalue weighted by Crippen LogP contribution is 2.50. The van der Waals surface area contributed by atoms with Gasteiger partial charge >= 0.3 is 0 Å². The third-order valence-electron chi connectivity index (χ3n) is 11.8. The van der Waals surface area contributed by atoms with Crippen molar-refractivity contribution in [1.82, 2.24) is 24.9 Å². The standard InChI is InChI=1S/C61H41N5/c1-5-20-42(21-6-1)56-53(54-34-13-15-36-62-54)41-52(58(55-35-14-16-37-63-55)57(56)43-22-7-2-8-23-43)50-32-18-30-48(39-50)46-28-17-29-47(38-46)49-31-19-33-51(40-49)61-65-59(44-24-9-3-10-25-44)64-60(66-61)45-26-11-4-12-27-45/h1-41H. The molecule has 11 aromatic rings. The van der Waals surface area contributed by atoms with Crippen LogP contribution in [0.2, 0.25) is 0 Å². The van der Waals surface area contributed by atoms with Crippen LogP contribution in [0.1, 0.15) is 0 Å². The van der Waals surface area contributed by atoms with Crippen LogP contribution >= 0.6 is 0 Å². The van der Waals surface area contributed by atoms with Gasteiger partial charge < -0.3 is 0 Å². The Morgan fingerprint density at radius 1 is 0.212 bits per heavy atom. The van der Waals surface area contributed by atoms with E-state index in [9.17, 15) is 0 Å². The van der Waals surface area contributed by atoms with Crippen LogP contribution in [0.15, 0.2) is 249 Å². The van der Waals surface area contributed by atoms with Gasteiger partial charge in [-0.3, -0.25) is 9.97 Å². The average Bonchev–Trinajstić information content (AvgIpc) is 3.41. The molecule has 11 rings (SSSR count). The third-order valence-corrected chi connectivity index (χ3v) is 11.8. The zero-order chi connectivity index (χ0) is 44.1. The quantitative estimate of drug-likeness (QED) is 0.137. The first kappa shape index (κ1) is 39.9. The van der Waals surface area contributed by atoms with Crippen LogP contribution in [0.25, 0.3) is 112 Å². The molecule has 0 unspecified atom stereocenters. The predicted molar refractivity (Wildman–Crippen MR) is 270 cm³/mol. The largest absolute Gasteiger partial charge is 0.256 e. The van der Waals surface area contributed by atoms with Gasteiger partial charge in [-0.05, 0) is 98.6 Å². The SMILES string of the molecule is c1ccc(-c2nc(-c3ccccc3)nc(-c3cccc(-c4cccc(-c5cccc(-c6cc(-c7ccccn7)c(-c7ccccc7)c(-c7ccccc7)c6-c6ccccn6)c5)c4)c3)n2)cc1. The van der Waals surface area contributed by atoms with Gasteiger partial charge in [0.2, 0.25) is 0 Å². The fourth-order valence-corrected chi connectivity index (χ4v) is 8.73. The van der Waals surface area contributed by atoms with Gasteiger partial charge in [0.1, 0.15) is 0 Å². The molecule has 0 aliphatic rings. The molecule has 0 aliphatic heterocycles. The maximum Gasteiger partial charge on any atom is 0.164 e. The Kier molecular flexibility index (Phi) is 10.9. The lowest BCUT2D eigenvalue weighted by atomic mass is 9.80. The number of pyridine rings is 2. The van der Waals surface area contributed by atoms with Gasteiger partial charge in [0.15, 0.2) is 17.5 Å². The van der Waals surface area contributed by atoms with E-state index in [4.69, 9.17) is 24.9 Å². The Labute approximate surface area is 384 Å². The van der Waals surface area contributed by atoms with Crippen molar-refractivity contribution in [2.45, 2.75) is 0 Å². The van der Waals surface area contributed by atoms with Crippen molar-refractivity contribution in [3.8, 4) is 112 Å². The zero-order valence-electron chi connectivity index (χ0n) is 35.9. The summed E-state index contributed by atoms with van der Waals surface area (Å²) < 4.78 is 0. The molecule has 3 heterocycles. The molecule has 0 atom stereocenters. The first-order valence-electron chi connectivity index (χ1n) is 22.1. The molecule has 3 aromatic heterocycles. The van der Waals surface area contributed by atoms with Crippen LogP contribution in [-0.4, -0.2) is 24.9 Å². The molecule has 0 fully saturated rings. The van der Waals surface area contributed by atoms with Crippen molar-refractivity contribution >= 4 is 0 Å². The molecule has 0 bridgehead atoms. The minimum absolute atomic E-state index is 0.621. The molecule has 0 aliphatic carbocycles. The lowest BCUT2D eigenvalue weighted by Gasteiger charge is -2.23. The zero-order valence-corrected chi connectivity index (χ0v) is 35.9. The third kappa shape index (κ3) is 8.09. The second kappa shape index (κ2) is 18.0. The maximum absolute atomic E-state index is 5.03. The van der Waals surface area contributed by atoms with Crippen molar-refractivity contribution in [2.24, 2.45) is 0 Å². The Morgan fingerprint density at radius 3 is 1.06 bits per heavy atom. The van der Waals surface area contributed by atoms with Gasteiger partial charge in [-0.2, -0.15) is 0 Å². The number of benzene rings is 8. The highest BCUT2D eigenvalue weighted by Gasteiger charge is 2.25. The first-order chi connectivity index (χ1) is 32.7. The van der Waals surface area contributed by atoms with Gasteiger partial charge in [-0.25, -0.2) is 15.0 Å². The normalized spacial score (nSPS) is 11.0. The molecule has 0 saturated heterocycles. The summed E-state index contributed by atoms with van der Waals surface area (Å²) in [5.74, 6) is 1.89. The topological polar surface area (TPSA) is 64.5 Å². The van der Waals surface area contributed by atoms with Gasteiger partial charge in [0.25, 0.3) is 0 Å². The van der Waals surface area contributed by atoms with Crippen molar-refractivity contribution in [1.29, 1.82) is 0 Å². The molecular formula is C61H41N5. The fraction of sp³-hybridized carbons (Fsp3) is 0. The van der Waals surface area contributed by atoms with Gasteiger partial charge in [0.05, 0.1) is 11.4 Å². The minimum Gasteiger partial charge on any atom is -0.256 e. The van der Waals surface area contributed by atoms with Gasteiger partial charge in [-0.1, -0.05) is 188 Å². The molecule has 8 aromatic carbocycles. The van der Waals surface area contributed by atoms with E-state index >= 15 is 0 Å². The molecular weight excluding hydrogens is 803 g/mol. The monoisotopic (exact) mass is 843 g/mol. The molecule has 0 N–H and O–H groups in total. The van der Waals surface area contributed by atoms with E-state index in [2.05, 4.69) is 164 Å². The molecule has 5 heteroatoms. The summed E-state index contributed by atoms with van der Waals surface area (Å²) in [5.41, 5.74) is 17.6. The van der Waals surface area contributed by atoms with Crippen molar-refractivity contribution in [3.63, 3.8) is 0 Å². The number of aromatic nitrogens is 5. The summed E-state index contributed by atoms with van der Waals surface area (Å²) in [6.45, 7) is 0. The van der Waals surface area contributed by atoms with Gasteiger partial charge in [-0.15, -0.1) is 0 Å². The molecule has 0 saturated carbocycles. The number of hydrogen-bond donors (Lipinski definition) is 0. The van der Waals surface area contributed by atoms with Crippen molar-refractivity contribution < 1.29 is 0 Å². The highest BCUT2D eigenvalue weighted by atomic mass is 15.0. The molecule has 66 heavy (non-hydrogen) atoms. The number of nitrogens with zero attached hydrogens (tertiary/aromatic N) is 5. The van der Waals surface area contributed by atoms with Crippen LogP contribution in [0.4, 0.5) is 0 Å². The summed E-state index contributed by atoms with van der Waals surface area (Å²) in [6.07, 6.45) is 3.75. The van der Waals surface area contributed by atoms with Crippen LogP contribution in [-0.2, 0) is 0 Å². The van der Waals surface area contributed by atoms with Crippen LogP contribution in [0, 0.1) is 0 Å². The van der Waals surface area contributed by atoms with Crippen LogP contribution in [0.5, 0.6) is 0 Å². The molecule has 0 radical (unpaired) electrons. The molecule has 310 valence electrons. The fourth-order valence-electron chi connectivity index (χ4n) is 8.73. The number of hydrogen-bond acceptors (Lipinski definition) is 5. The highest BCUT2D eigenvalue weighted by molar-refractivity contribution is 6.06. The Morgan fingerprint density at radius 2 is 0.576 bits per heavy atom. The molecule has 0 spiro atoms. The maximum atomic E-state index is 5.03. The van der Waals surface area contributed by atoms with E-state index in [0.717, 1.165) is 94.8 Å². The molecule has 5 nitrogen and oxygen atoms in total. The van der Waals surface area contributed by atoms with E-state index in [0.29, 0.717) is 17.5 Å². The van der Waals surface area contributed by atoms with Crippen molar-refractivity contribution in [3.05, 3.63) is 249 Å². The van der Waals surface area contributed by atoms with Crippen molar-refractivity contribution in [2.75, 3.05) is 0 Å². The molecule has 0 amide bonds. The van der Waals surface area contributed by atoms with Crippen LogP contribution in [0.3, 0.4) is 0 Å². The van der Waals surface area contributed by atoms with E-state index in [1.807, 2.05) is 85.2 Å². The van der Waals surface area contributed by atoms with Gasteiger partial charge in [0, 0.05) is 45.8 Å². The number of rotatable bonds is 10. The average molecular weight is 844 g/mol. The van der Waals surface area contributed by atoms with E-state index in [1.165, 1.54) is 0 Å². The Hall–Kier alpha value is -8.93. The summed E-state index contributed by atoms with van der Waals surface area (Å²) in [7, 11) is 0. The lowest BCUT2D eigenvalue weighted by Crippen LogP contribution is -2.00.